The molecule has 0 amide bonds. The van der Waals surface area contributed by atoms with Gasteiger partial charge in [-0.3, -0.25) is 0 Å². The van der Waals surface area contributed by atoms with Crippen LogP contribution in [-0.2, 0) is 5.41 Å². The van der Waals surface area contributed by atoms with E-state index in [4.69, 9.17) is 20.9 Å². The van der Waals surface area contributed by atoms with Gasteiger partial charge >= 0.3 is 0 Å². The molecule has 7 rings (SSSR count). The van der Waals surface area contributed by atoms with E-state index in [9.17, 15) is 0 Å². The van der Waals surface area contributed by atoms with Crippen molar-refractivity contribution in [2.24, 2.45) is 58.0 Å². The topological polar surface area (TPSA) is 70.5 Å². The Morgan fingerprint density at radius 2 is 1.45 bits per heavy atom. The molecule has 0 spiro atoms. The number of hydrogen-bond donors (Lipinski definition) is 2. The second-order valence-corrected chi connectivity index (χ2v) is 19.4. The minimum absolute atomic E-state index is 0.158. The van der Waals surface area contributed by atoms with Crippen molar-refractivity contribution < 1.29 is 9.47 Å². The highest BCUT2D eigenvalue weighted by atomic mass is 16.5. The number of hydrogen-bond acceptors (Lipinski definition) is 4. The molecule has 4 aliphatic rings. The van der Waals surface area contributed by atoms with E-state index in [2.05, 4.69) is 83.1 Å². The summed E-state index contributed by atoms with van der Waals surface area (Å²) in [7, 11) is 0. The summed E-state index contributed by atoms with van der Waals surface area (Å²) in [5, 5.41) is 0. The summed E-state index contributed by atoms with van der Waals surface area (Å²) in [6.07, 6.45) is 20.1. The second-order valence-electron chi connectivity index (χ2n) is 19.4. The highest BCUT2D eigenvalue weighted by molar-refractivity contribution is 5.49. The Kier molecular flexibility index (Phi) is 11.6. The zero-order valence-electron chi connectivity index (χ0n) is 35.1. The molecule has 3 aromatic rings. The van der Waals surface area contributed by atoms with Crippen molar-refractivity contribution in [3.63, 3.8) is 0 Å². The minimum atomic E-state index is -0.158. The molecule has 55 heavy (non-hydrogen) atoms. The molecule has 4 heteroatoms. The Labute approximate surface area is 333 Å². The molecule has 296 valence electrons. The summed E-state index contributed by atoms with van der Waals surface area (Å²) in [6.45, 7) is 16.7. The van der Waals surface area contributed by atoms with Crippen LogP contribution < -0.4 is 20.9 Å². The quantitative estimate of drug-likeness (QED) is 0.110. The van der Waals surface area contributed by atoms with Crippen LogP contribution in [0.5, 0.6) is 17.2 Å². The highest BCUT2D eigenvalue weighted by Crippen LogP contribution is 2.70. The maximum Gasteiger partial charge on any atom is 0.129 e. The first-order chi connectivity index (χ1) is 26.3. The van der Waals surface area contributed by atoms with Gasteiger partial charge in [0.2, 0.25) is 0 Å². The average molecular weight is 743 g/mol. The first kappa shape index (κ1) is 39.6. The van der Waals surface area contributed by atoms with Gasteiger partial charge in [-0.25, -0.2) is 0 Å². The van der Waals surface area contributed by atoms with E-state index in [-0.39, 0.29) is 5.41 Å². The number of ether oxygens (including phenoxy) is 2. The number of fused-ring (bicyclic) bond motifs is 5. The Morgan fingerprint density at radius 1 is 0.782 bits per heavy atom. The Morgan fingerprint density at radius 3 is 2.15 bits per heavy atom. The number of rotatable bonds is 12. The maximum absolute atomic E-state index is 6.47. The predicted octanol–water partition coefficient (Wildman–Crippen LogP) is 13.6. The standard InChI is InChI=1S/C51H70N2O2/c1-8-41(29-36(5)52)54-42-18-10-15-37(30-42)51(38-16-11-19-43(31-38)55-44-20-12-17-40(53)32-44)28-27-49(6)39(33-51)21-22-45-47-24-23-46(35(4)14-9-13-34(2)3)50(47,7)26-25-48(45)49/h8,10-12,15-20,29-32,34-35,39,45-48H,9,13-14,21-28,33,52-53H2,1-7H3/b36-29+,41-8+. The van der Waals surface area contributed by atoms with Gasteiger partial charge in [0.25, 0.3) is 0 Å². The van der Waals surface area contributed by atoms with Gasteiger partial charge in [0.05, 0.1) is 0 Å². The number of nitrogen functional groups attached to an aromatic ring is 1. The number of anilines is 1. The predicted molar refractivity (Wildman–Crippen MR) is 230 cm³/mol. The van der Waals surface area contributed by atoms with Crippen molar-refractivity contribution in [3.05, 3.63) is 108 Å². The zero-order valence-corrected chi connectivity index (χ0v) is 35.1. The van der Waals surface area contributed by atoms with Gasteiger partial charge < -0.3 is 20.9 Å². The van der Waals surface area contributed by atoms with E-state index < -0.39 is 0 Å². The Hall–Kier alpha value is -3.66. The molecule has 9 unspecified atom stereocenters. The molecule has 4 aliphatic carbocycles. The van der Waals surface area contributed by atoms with Crippen molar-refractivity contribution in [1.29, 1.82) is 0 Å². The fraction of sp³-hybridized carbons (Fsp3) is 0.569. The van der Waals surface area contributed by atoms with Crippen LogP contribution in [0.2, 0.25) is 0 Å². The van der Waals surface area contributed by atoms with Crippen molar-refractivity contribution >= 4 is 5.69 Å². The van der Waals surface area contributed by atoms with Crippen LogP contribution in [-0.4, -0.2) is 0 Å². The van der Waals surface area contributed by atoms with Gasteiger partial charge in [-0.2, -0.15) is 0 Å². The van der Waals surface area contributed by atoms with Gasteiger partial charge in [0.1, 0.15) is 23.0 Å². The molecule has 0 saturated heterocycles. The molecule has 4 saturated carbocycles. The van der Waals surface area contributed by atoms with Gasteiger partial charge in [-0.1, -0.05) is 84.2 Å². The van der Waals surface area contributed by atoms with Crippen LogP contribution in [0.4, 0.5) is 5.69 Å². The molecule has 9 atom stereocenters. The highest BCUT2D eigenvalue weighted by Gasteiger charge is 2.62. The SMILES string of the molecule is C/C=C(\C=C(/C)N)Oc1cccc(C2(c3cccc(Oc4cccc(N)c4)c3)CCC3(C)C(CCC4C3CCC3(C)C(C(C)CCCC(C)C)CCC43)C2)c1. The van der Waals surface area contributed by atoms with Gasteiger partial charge in [-0.05, 0) is 184 Å². The van der Waals surface area contributed by atoms with Crippen LogP contribution in [0.3, 0.4) is 0 Å². The van der Waals surface area contributed by atoms with Gasteiger partial charge in [0, 0.05) is 22.9 Å². The minimum Gasteiger partial charge on any atom is -0.458 e. The summed E-state index contributed by atoms with van der Waals surface area (Å²) in [4.78, 5) is 0. The summed E-state index contributed by atoms with van der Waals surface area (Å²) in [5.74, 6) is 9.08. The molecule has 0 bridgehead atoms. The van der Waals surface area contributed by atoms with E-state index in [0.29, 0.717) is 22.4 Å². The molecule has 3 aromatic carbocycles. The molecule has 4 nitrogen and oxygen atoms in total. The monoisotopic (exact) mass is 743 g/mol. The second kappa shape index (κ2) is 16.1. The lowest BCUT2D eigenvalue weighted by molar-refractivity contribution is -0.122. The van der Waals surface area contributed by atoms with Gasteiger partial charge in [0.15, 0.2) is 0 Å². The maximum atomic E-state index is 6.47. The normalized spacial score (nSPS) is 32.7. The summed E-state index contributed by atoms with van der Waals surface area (Å²) >= 11 is 0. The Bertz CT molecular complexity index is 1860. The molecular weight excluding hydrogens is 673 g/mol. The van der Waals surface area contributed by atoms with Crippen LogP contribution in [0, 0.1) is 52.3 Å². The largest absolute Gasteiger partial charge is 0.458 e. The molecule has 0 radical (unpaired) electrons. The smallest absolute Gasteiger partial charge is 0.129 e. The van der Waals surface area contributed by atoms with Crippen LogP contribution in [0.15, 0.2) is 96.4 Å². The molecular formula is C51H70N2O2. The van der Waals surface area contributed by atoms with E-state index in [1.807, 2.05) is 50.3 Å². The third kappa shape index (κ3) is 7.86. The number of allylic oxidation sites excluding steroid dienone is 3. The number of nitrogens with two attached hydrogens (primary N) is 2. The Balaban J connectivity index is 1.19. The van der Waals surface area contributed by atoms with E-state index in [0.717, 1.165) is 77.1 Å². The van der Waals surface area contributed by atoms with Gasteiger partial charge in [-0.15, -0.1) is 0 Å². The first-order valence-electron chi connectivity index (χ1n) is 21.9. The van der Waals surface area contributed by atoms with Crippen molar-refractivity contribution in [1.82, 2.24) is 0 Å². The number of benzene rings is 3. The fourth-order valence-corrected chi connectivity index (χ4v) is 12.9. The van der Waals surface area contributed by atoms with E-state index >= 15 is 0 Å². The lowest BCUT2D eigenvalue weighted by Crippen LogP contribution is -2.55. The van der Waals surface area contributed by atoms with Crippen molar-refractivity contribution in [2.75, 3.05) is 5.73 Å². The van der Waals surface area contributed by atoms with Crippen LogP contribution >= 0.6 is 0 Å². The summed E-state index contributed by atoms with van der Waals surface area (Å²) < 4.78 is 12.9. The van der Waals surface area contributed by atoms with Crippen molar-refractivity contribution in [2.45, 2.75) is 131 Å². The van der Waals surface area contributed by atoms with E-state index in [1.165, 1.54) is 75.3 Å². The fourth-order valence-electron chi connectivity index (χ4n) is 12.9. The van der Waals surface area contributed by atoms with Crippen molar-refractivity contribution in [3.8, 4) is 17.2 Å². The van der Waals surface area contributed by atoms with E-state index in [1.54, 1.807) is 0 Å². The summed E-state index contributed by atoms with van der Waals surface area (Å²) in [5.41, 5.74) is 17.0. The lowest BCUT2D eigenvalue weighted by Gasteiger charge is -2.63. The van der Waals surface area contributed by atoms with Crippen LogP contribution in [0.25, 0.3) is 0 Å². The molecule has 4 fully saturated rings. The molecule has 4 N–H and O–H groups in total. The summed E-state index contributed by atoms with van der Waals surface area (Å²) in [6, 6.07) is 25.6. The average Bonchev–Trinajstić information content (AvgIpc) is 3.51. The van der Waals surface area contributed by atoms with Crippen LogP contribution in [0.1, 0.15) is 137 Å². The zero-order chi connectivity index (χ0) is 39.0. The molecule has 0 aliphatic heterocycles. The molecule has 0 heterocycles. The first-order valence-corrected chi connectivity index (χ1v) is 21.9. The third-order valence-electron chi connectivity index (χ3n) is 15.7. The third-order valence-corrected chi connectivity index (χ3v) is 15.7. The molecule has 0 aromatic heterocycles. The lowest BCUT2D eigenvalue weighted by atomic mass is 9.42.